The average molecular weight is 383 g/mol. The topological polar surface area (TPSA) is 99.2 Å². The van der Waals surface area contributed by atoms with Crippen LogP contribution in [-0.2, 0) is 19.6 Å². The number of ether oxygens (including phenoxy) is 1. The van der Waals surface area contributed by atoms with E-state index in [1.165, 1.54) is 12.1 Å². The minimum atomic E-state index is -3.70. The number of hydrogen-bond acceptors (Lipinski definition) is 6. The van der Waals surface area contributed by atoms with Gasteiger partial charge in [-0.15, -0.1) is 0 Å². The van der Waals surface area contributed by atoms with Gasteiger partial charge in [0.15, 0.2) is 0 Å². The van der Waals surface area contributed by atoms with E-state index in [0.29, 0.717) is 32.7 Å². The first-order chi connectivity index (χ1) is 12.4. The van der Waals surface area contributed by atoms with Crippen LogP contribution in [0.4, 0.5) is 0 Å². The molecular weight excluding hydrogens is 358 g/mol. The molecule has 0 spiro atoms. The quantitative estimate of drug-likeness (QED) is 0.695. The first-order valence-corrected chi connectivity index (χ1v) is 10.2. The number of piperazine rings is 1. The molecular formula is C17H25N3O5S. The second kappa shape index (κ2) is 8.01. The van der Waals surface area contributed by atoms with Crippen LogP contribution in [0.15, 0.2) is 35.2 Å². The zero-order chi connectivity index (χ0) is 18.7. The summed E-state index contributed by atoms with van der Waals surface area (Å²) in [7, 11) is -3.70. The Bertz CT molecular complexity index is 719. The lowest BCUT2D eigenvalue weighted by atomic mass is 10.1. The van der Waals surface area contributed by atoms with Gasteiger partial charge in [-0.3, -0.25) is 9.69 Å². The predicted molar refractivity (Wildman–Crippen MR) is 95.0 cm³/mol. The number of nitrogens with one attached hydrogen (secondary N) is 1. The largest absolute Gasteiger partial charge is 0.389 e. The van der Waals surface area contributed by atoms with Crippen molar-refractivity contribution >= 4 is 15.9 Å². The van der Waals surface area contributed by atoms with Gasteiger partial charge in [0.05, 0.1) is 29.8 Å². The lowest BCUT2D eigenvalue weighted by Gasteiger charge is -2.35. The monoisotopic (exact) mass is 383 g/mol. The van der Waals surface area contributed by atoms with Crippen molar-refractivity contribution in [3.63, 3.8) is 0 Å². The number of carbonyl (C=O) groups is 1. The van der Waals surface area contributed by atoms with Gasteiger partial charge in [0, 0.05) is 39.6 Å². The van der Waals surface area contributed by atoms with Gasteiger partial charge in [-0.1, -0.05) is 18.2 Å². The molecule has 2 aliphatic rings. The highest BCUT2D eigenvalue weighted by atomic mass is 32.2. The van der Waals surface area contributed by atoms with Crippen LogP contribution in [0.2, 0.25) is 0 Å². The van der Waals surface area contributed by atoms with E-state index in [0.717, 1.165) is 0 Å². The Morgan fingerprint density at radius 2 is 1.88 bits per heavy atom. The summed E-state index contributed by atoms with van der Waals surface area (Å²) in [6, 6.07) is 7.39. The average Bonchev–Trinajstić information content (AvgIpc) is 2.96. The van der Waals surface area contributed by atoms with Crippen LogP contribution in [0.1, 0.15) is 6.92 Å². The number of sulfonamides is 1. The highest BCUT2D eigenvalue weighted by Crippen LogP contribution is 2.19. The van der Waals surface area contributed by atoms with E-state index in [1.807, 2.05) is 0 Å². The fourth-order valence-electron chi connectivity index (χ4n) is 3.31. The fourth-order valence-corrected chi connectivity index (χ4v) is 4.57. The molecule has 1 aromatic rings. The van der Waals surface area contributed by atoms with Crippen LogP contribution in [0.3, 0.4) is 0 Å². The molecule has 2 heterocycles. The molecule has 9 heteroatoms. The molecule has 2 aliphatic heterocycles. The van der Waals surface area contributed by atoms with Crippen LogP contribution in [0.25, 0.3) is 0 Å². The summed E-state index contributed by atoms with van der Waals surface area (Å²) >= 11 is 0. The van der Waals surface area contributed by atoms with Crippen molar-refractivity contribution in [3.8, 4) is 0 Å². The zero-order valence-corrected chi connectivity index (χ0v) is 15.6. The summed E-state index contributed by atoms with van der Waals surface area (Å²) in [6.45, 7) is 4.94. The SMILES string of the molecule is CC(=O)N1CCN(CC2OCC(NS(=O)(=O)c3ccccc3)C2O)CC1. The molecule has 0 bridgehead atoms. The van der Waals surface area contributed by atoms with Gasteiger partial charge in [-0.2, -0.15) is 0 Å². The smallest absolute Gasteiger partial charge is 0.240 e. The Balaban J connectivity index is 1.54. The van der Waals surface area contributed by atoms with E-state index >= 15 is 0 Å². The molecule has 3 rings (SSSR count). The van der Waals surface area contributed by atoms with Crippen molar-refractivity contribution in [2.45, 2.75) is 30.1 Å². The molecule has 0 saturated carbocycles. The number of carbonyl (C=O) groups excluding carboxylic acids is 1. The Morgan fingerprint density at radius 1 is 1.23 bits per heavy atom. The second-order valence-electron chi connectivity index (χ2n) is 6.71. The third-order valence-corrected chi connectivity index (χ3v) is 6.40. The standard InChI is InChI=1S/C17H25N3O5S/c1-13(21)20-9-7-19(8-10-20)11-16-17(22)15(12-25-16)18-26(23,24)14-5-3-2-4-6-14/h2-6,15-18,22H,7-12H2,1H3. The summed E-state index contributed by atoms with van der Waals surface area (Å²) in [4.78, 5) is 15.5. The number of rotatable bonds is 5. The summed E-state index contributed by atoms with van der Waals surface area (Å²) in [5.41, 5.74) is 0. The summed E-state index contributed by atoms with van der Waals surface area (Å²) < 4.78 is 33.0. The van der Waals surface area contributed by atoms with Gasteiger partial charge in [0.25, 0.3) is 0 Å². The normalized spacial score (nSPS) is 27.6. The minimum Gasteiger partial charge on any atom is -0.389 e. The van der Waals surface area contributed by atoms with E-state index in [4.69, 9.17) is 4.74 Å². The van der Waals surface area contributed by atoms with Gasteiger partial charge < -0.3 is 14.7 Å². The number of amides is 1. The van der Waals surface area contributed by atoms with Crippen LogP contribution in [0, 0.1) is 0 Å². The molecule has 2 N–H and O–H groups in total. The van der Waals surface area contributed by atoms with Crippen molar-refractivity contribution in [2.24, 2.45) is 0 Å². The molecule has 0 aromatic heterocycles. The van der Waals surface area contributed by atoms with Crippen molar-refractivity contribution in [1.82, 2.24) is 14.5 Å². The lowest BCUT2D eigenvalue weighted by Crippen LogP contribution is -2.52. The summed E-state index contributed by atoms with van der Waals surface area (Å²) in [5, 5.41) is 10.5. The molecule has 3 atom stereocenters. The second-order valence-corrected chi connectivity index (χ2v) is 8.42. The van der Waals surface area contributed by atoms with Crippen molar-refractivity contribution < 1.29 is 23.1 Å². The molecule has 1 aromatic carbocycles. The van der Waals surface area contributed by atoms with E-state index in [2.05, 4.69) is 9.62 Å². The number of aliphatic hydroxyl groups is 1. The molecule has 1 amide bonds. The Labute approximate surface area is 153 Å². The maximum Gasteiger partial charge on any atom is 0.240 e. The summed E-state index contributed by atoms with van der Waals surface area (Å²) in [6.07, 6.45) is -1.37. The number of nitrogens with zero attached hydrogens (tertiary/aromatic N) is 2. The summed E-state index contributed by atoms with van der Waals surface area (Å²) in [5.74, 6) is 0.0668. The van der Waals surface area contributed by atoms with Crippen LogP contribution < -0.4 is 4.72 Å². The van der Waals surface area contributed by atoms with Crippen LogP contribution in [-0.4, -0.2) is 86.8 Å². The maximum atomic E-state index is 12.4. The molecule has 144 valence electrons. The highest BCUT2D eigenvalue weighted by molar-refractivity contribution is 7.89. The minimum absolute atomic E-state index is 0.0668. The van der Waals surface area contributed by atoms with E-state index in [9.17, 15) is 18.3 Å². The third-order valence-electron chi connectivity index (χ3n) is 4.90. The van der Waals surface area contributed by atoms with Gasteiger partial charge in [-0.25, -0.2) is 13.1 Å². The molecule has 0 aliphatic carbocycles. The van der Waals surface area contributed by atoms with Crippen molar-refractivity contribution in [3.05, 3.63) is 30.3 Å². The molecule has 26 heavy (non-hydrogen) atoms. The predicted octanol–water partition coefficient (Wildman–Crippen LogP) is -0.743. The first kappa shape index (κ1) is 19.2. The number of aliphatic hydroxyl groups excluding tert-OH is 1. The maximum absolute atomic E-state index is 12.4. The zero-order valence-electron chi connectivity index (χ0n) is 14.7. The highest BCUT2D eigenvalue weighted by Gasteiger charge is 2.39. The Hall–Kier alpha value is -1.52. The molecule has 2 saturated heterocycles. The van der Waals surface area contributed by atoms with Gasteiger partial charge in [0.1, 0.15) is 0 Å². The van der Waals surface area contributed by atoms with E-state index in [1.54, 1.807) is 30.0 Å². The van der Waals surface area contributed by atoms with Gasteiger partial charge >= 0.3 is 0 Å². The molecule has 8 nitrogen and oxygen atoms in total. The Kier molecular flexibility index (Phi) is 5.93. The van der Waals surface area contributed by atoms with Crippen molar-refractivity contribution in [2.75, 3.05) is 39.3 Å². The lowest BCUT2D eigenvalue weighted by molar-refractivity contribution is -0.130. The Morgan fingerprint density at radius 3 is 2.50 bits per heavy atom. The first-order valence-electron chi connectivity index (χ1n) is 8.72. The van der Waals surface area contributed by atoms with Crippen LogP contribution >= 0.6 is 0 Å². The van der Waals surface area contributed by atoms with Crippen molar-refractivity contribution in [1.29, 1.82) is 0 Å². The fraction of sp³-hybridized carbons (Fsp3) is 0.588. The molecule has 0 radical (unpaired) electrons. The van der Waals surface area contributed by atoms with Crippen LogP contribution in [0.5, 0.6) is 0 Å². The third kappa shape index (κ3) is 4.41. The van der Waals surface area contributed by atoms with Gasteiger partial charge in [0.2, 0.25) is 15.9 Å². The van der Waals surface area contributed by atoms with Gasteiger partial charge in [-0.05, 0) is 12.1 Å². The molecule has 2 fully saturated rings. The number of hydrogen-bond donors (Lipinski definition) is 2. The number of benzene rings is 1. The van der Waals surface area contributed by atoms with E-state index in [-0.39, 0.29) is 17.4 Å². The molecule has 3 unspecified atom stereocenters. The van der Waals surface area contributed by atoms with E-state index < -0.39 is 28.3 Å².